The van der Waals surface area contributed by atoms with Gasteiger partial charge >= 0.3 is 0 Å². The highest BCUT2D eigenvalue weighted by molar-refractivity contribution is 7.22. The molecule has 9 nitrogen and oxygen atoms in total. The van der Waals surface area contributed by atoms with Crippen molar-refractivity contribution in [3.05, 3.63) is 75.7 Å². The summed E-state index contributed by atoms with van der Waals surface area (Å²) >= 11 is 1.15. The number of benzene rings is 2. The highest BCUT2D eigenvalue weighted by Crippen LogP contribution is 2.30. The molecule has 1 N–H and O–H groups in total. The van der Waals surface area contributed by atoms with Crippen molar-refractivity contribution >= 4 is 38.3 Å². The molecule has 0 saturated heterocycles. The molecule has 158 valence electrons. The predicted molar refractivity (Wildman–Crippen MR) is 115 cm³/mol. The zero-order valence-corrected chi connectivity index (χ0v) is 17.4. The second-order valence-corrected chi connectivity index (χ2v) is 7.53. The highest BCUT2D eigenvalue weighted by atomic mass is 32.1. The van der Waals surface area contributed by atoms with Gasteiger partial charge in [0.15, 0.2) is 10.9 Å². The third kappa shape index (κ3) is 4.33. The van der Waals surface area contributed by atoms with Crippen LogP contribution < -0.4 is 14.8 Å². The van der Waals surface area contributed by atoms with Gasteiger partial charge < -0.3 is 13.9 Å². The number of aromatic nitrogens is 1. The van der Waals surface area contributed by atoms with Gasteiger partial charge in [-0.05, 0) is 36.4 Å². The number of carbonyl (C=O) groups excluding carboxylic acids is 1. The minimum atomic E-state index is -0.473. The zero-order chi connectivity index (χ0) is 22.0. The first-order valence-electron chi connectivity index (χ1n) is 9.13. The fourth-order valence-corrected chi connectivity index (χ4v) is 3.94. The van der Waals surface area contributed by atoms with E-state index in [1.165, 1.54) is 12.1 Å². The van der Waals surface area contributed by atoms with Crippen molar-refractivity contribution < 1.29 is 23.6 Å². The Hall–Kier alpha value is -3.92. The van der Waals surface area contributed by atoms with E-state index in [1.807, 2.05) is 12.1 Å². The SMILES string of the molecule is COc1ccc(OC)c(Cc2ccc(C(=O)Nc3nc4ccc([N+](=O)[O-])cc4s3)o2)c1. The molecule has 0 radical (unpaired) electrons. The summed E-state index contributed by atoms with van der Waals surface area (Å²) in [6.45, 7) is 0. The Morgan fingerprint density at radius 2 is 2.00 bits per heavy atom. The van der Waals surface area contributed by atoms with Crippen molar-refractivity contribution in [2.45, 2.75) is 6.42 Å². The fourth-order valence-electron chi connectivity index (χ4n) is 3.04. The molecule has 0 aliphatic heterocycles. The van der Waals surface area contributed by atoms with Crippen molar-refractivity contribution in [2.75, 3.05) is 19.5 Å². The van der Waals surface area contributed by atoms with Gasteiger partial charge in [0.05, 0.1) is 29.4 Å². The molecule has 2 aromatic carbocycles. The highest BCUT2D eigenvalue weighted by Gasteiger charge is 2.16. The largest absolute Gasteiger partial charge is 0.497 e. The number of nitro groups is 1. The van der Waals surface area contributed by atoms with Crippen LogP contribution in [0.25, 0.3) is 10.2 Å². The van der Waals surface area contributed by atoms with Gasteiger partial charge in [0.2, 0.25) is 0 Å². The van der Waals surface area contributed by atoms with Crippen LogP contribution in [-0.2, 0) is 6.42 Å². The van der Waals surface area contributed by atoms with Crippen LogP contribution in [-0.4, -0.2) is 30.0 Å². The number of ether oxygens (including phenoxy) is 2. The average molecular weight is 439 g/mol. The summed E-state index contributed by atoms with van der Waals surface area (Å²) in [5, 5.41) is 13.9. The van der Waals surface area contributed by atoms with E-state index in [2.05, 4.69) is 10.3 Å². The first-order valence-corrected chi connectivity index (χ1v) is 9.94. The average Bonchev–Trinajstić information content (AvgIpc) is 3.39. The predicted octanol–water partition coefficient (Wildman–Crippen LogP) is 4.66. The molecule has 31 heavy (non-hydrogen) atoms. The number of rotatable bonds is 7. The summed E-state index contributed by atoms with van der Waals surface area (Å²) in [6.07, 6.45) is 0.415. The lowest BCUT2D eigenvalue weighted by atomic mass is 10.1. The molecule has 0 saturated carbocycles. The Morgan fingerprint density at radius 3 is 2.74 bits per heavy atom. The Morgan fingerprint density at radius 1 is 1.16 bits per heavy atom. The van der Waals surface area contributed by atoms with E-state index in [9.17, 15) is 14.9 Å². The van der Waals surface area contributed by atoms with Crippen molar-refractivity contribution in [1.82, 2.24) is 4.98 Å². The van der Waals surface area contributed by atoms with E-state index in [0.29, 0.717) is 39.0 Å². The Bertz CT molecular complexity index is 1280. The van der Waals surface area contributed by atoms with Crippen LogP contribution in [0.3, 0.4) is 0 Å². The smallest absolute Gasteiger partial charge is 0.293 e. The molecule has 2 aromatic heterocycles. The summed E-state index contributed by atoms with van der Waals surface area (Å²) in [6, 6.07) is 13.1. The van der Waals surface area contributed by atoms with Gasteiger partial charge in [0.1, 0.15) is 17.3 Å². The van der Waals surface area contributed by atoms with E-state index in [0.717, 1.165) is 16.9 Å². The van der Waals surface area contributed by atoms with E-state index >= 15 is 0 Å². The van der Waals surface area contributed by atoms with Crippen LogP contribution in [0, 0.1) is 10.1 Å². The maximum atomic E-state index is 12.6. The van der Waals surface area contributed by atoms with Gasteiger partial charge in [0.25, 0.3) is 11.6 Å². The van der Waals surface area contributed by atoms with Gasteiger partial charge in [-0.3, -0.25) is 20.2 Å². The van der Waals surface area contributed by atoms with E-state index in [-0.39, 0.29) is 11.4 Å². The number of thiazole rings is 1. The van der Waals surface area contributed by atoms with Crippen LogP contribution in [0.15, 0.2) is 52.9 Å². The third-order valence-corrected chi connectivity index (χ3v) is 5.47. The number of non-ortho nitro benzene ring substituents is 1. The second kappa shape index (κ2) is 8.44. The molecule has 1 amide bonds. The van der Waals surface area contributed by atoms with Crippen LogP contribution in [0.1, 0.15) is 21.9 Å². The van der Waals surface area contributed by atoms with Crippen molar-refractivity contribution in [1.29, 1.82) is 0 Å². The molecule has 0 bridgehead atoms. The molecule has 4 rings (SSSR count). The number of methoxy groups -OCH3 is 2. The first-order chi connectivity index (χ1) is 15.0. The molecule has 0 aliphatic rings. The zero-order valence-electron chi connectivity index (χ0n) is 16.6. The molecule has 0 spiro atoms. The fraction of sp³-hybridized carbons (Fsp3) is 0.143. The maximum Gasteiger partial charge on any atom is 0.293 e. The topological polar surface area (TPSA) is 117 Å². The summed E-state index contributed by atoms with van der Waals surface area (Å²) < 4.78 is 16.9. The van der Waals surface area contributed by atoms with Gasteiger partial charge in [-0.15, -0.1) is 0 Å². The molecule has 0 atom stereocenters. The lowest BCUT2D eigenvalue weighted by Crippen LogP contribution is -2.10. The number of carbonyl (C=O) groups is 1. The Kier molecular flexibility index (Phi) is 5.54. The molecule has 4 aromatic rings. The molecule has 2 heterocycles. The number of nitrogens with zero attached hydrogens (tertiary/aromatic N) is 2. The van der Waals surface area contributed by atoms with Crippen molar-refractivity contribution in [2.24, 2.45) is 0 Å². The van der Waals surface area contributed by atoms with Crippen LogP contribution >= 0.6 is 11.3 Å². The Balaban J connectivity index is 1.50. The standard InChI is InChI=1S/C21H17N3O6S/c1-28-14-4-7-17(29-2)12(9-14)10-15-5-8-18(30-15)20(25)23-21-22-16-6-3-13(24(26)27)11-19(16)31-21/h3-9,11H,10H2,1-2H3,(H,22,23,25). The second-order valence-electron chi connectivity index (χ2n) is 6.50. The van der Waals surface area contributed by atoms with Crippen molar-refractivity contribution in [3.63, 3.8) is 0 Å². The lowest BCUT2D eigenvalue weighted by molar-refractivity contribution is -0.384. The number of hydrogen-bond donors (Lipinski definition) is 1. The normalized spacial score (nSPS) is 10.8. The summed E-state index contributed by atoms with van der Waals surface area (Å²) in [5.41, 5.74) is 1.39. The van der Waals surface area contributed by atoms with Crippen LogP contribution in [0.2, 0.25) is 0 Å². The molecule has 0 fully saturated rings. The molecule has 10 heteroatoms. The minimum Gasteiger partial charge on any atom is -0.497 e. The first kappa shape index (κ1) is 20.4. The number of nitro benzene ring substituents is 1. The maximum absolute atomic E-state index is 12.6. The number of anilines is 1. The number of fused-ring (bicyclic) bond motifs is 1. The molecule has 0 aliphatic carbocycles. The van der Waals surface area contributed by atoms with Gasteiger partial charge in [-0.25, -0.2) is 4.98 Å². The summed E-state index contributed by atoms with van der Waals surface area (Å²) in [5.74, 6) is 1.62. The quantitative estimate of drug-likeness (QED) is 0.329. The molecular weight excluding hydrogens is 422 g/mol. The number of nitrogens with one attached hydrogen (secondary N) is 1. The third-order valence-electron chi connectivity index (χ3n) is 4.54. The number of furan rings is 1. The molecular formula is C21H17N3O6S. The van der Waals surface area contributed by atoms with Gasteiger partial charge in [-0.1, -0.05) is 11.3 Å². The monoisotopic (exact) mass is 439 g/mol. The van der Waals surface area contributed by atoms with E-state index in [1.54, 1.807) is 38.5 Å². The van der Waals surface area contributed by atoms with Crippen LogP contribution in [0.4, 0.5) is 10.8 Å². The summed E-state index contributed by atoms with van der Waals surface area (Å²) in [4.78, 5) is 27.3. The minimum absolute atomic E-state index is 0.0299. The Labute approximate surface area is 180 Å². The molecule has 0 unspecified atom stereocenters. The van der Waals surface area contributed by atoms with E-state index < -0.39 is 10.8 Å². The van der Waals surface area contributed by atoms with Gasteiger partial charge in [0, 0.05) is 24.1 Å². The van der Waals surface area contributed by atoms with Crippen LogP contribution in [0.5, 0.6) is 11.5 Å². The van der Waals surface area contributed by atoms with Crippen molar-refractivity contribution in [3.8, 4) is 11.5 Å². The van der Waals surface area contributed by atoms with Gasteiger partial charge in [-0.2, -0.15) is 0 Å². The number of amides is 1. The lowest BCUT2D eigenvalue weighted by Gasteiger charge is -2.09. The summed E-state index contributed by atoms with van der Waals surface area (Å²) in [7, 11) is 3.17. The van der Waals surface area contributed by atoms with E-state index in [4.69, 9.17) is 13.9 Å². The number of hydrogen-bond acceptors (Lipinski definition) is 8.